The van der Waals surface area contributed by atoms with Crippen molar-refractivity contribution < 1.29 is 9.47 Å². The van der Waals surface area contributed by atoms with E-state index in [1.54, 1.807) is 7.11 Å². The van der Waals surface area contributed by atoms with Crippen molar-refractivity contribution in [1.82, 2.24) is 9.55 Å². The molecule has 0 atom stereocenters. The number of hydrogen-bond donors (Lipinski definition) is 0. The predicted octanol–water partition coefficient (Wildman–Crippen LogP) is 3.04. The fraction of sp³-hybridized carbons (Fsp3) is 0.562. The Kier molecular flexibility index (Phi) is 6.02. The minimum Gasteiger partial charge on any atom is -0.385 e. The van der Waals surface area contributed by atoms with Crippen molar-refractivity contribution in [3.8, 4) is 0 Å². The van der Waals surface area contributed by atoms with Crippen LogP contribution in [-0.4, -0.2) is 36.5 Å². The van der Waals surface area contributed by atoms with Gasteiger partial charge in [-0.05, 0) is 25.0 Å². The summed E-state index contributed by atoms with van der Waals surface area (Å²) in [6.07, 6.45) is 3.07. The van der Waals surface area contributed by atoms with Crippen molar-refractivity contribution in [3.05, 3.63) is 30.1 Å². The molecule has 0 radical (unpaired) electrons. The number of ether oxygens (including phenoxy) is 2. The Balaban J connectivity index is 1.98. The maximum absolute atomic E-state index is 5.66. The van der Waals surface area contributed by atoms with Crippen LogP contribution in [0.1, 0.15) is 25.6 Å². The Morgan fingerprint density at radius 2 is 2.00 bits per heavy atom. The summed E-state index contributed by atoms with van der Waals surface area (Å²) >= 11 is 0. The molecule has 110 valence electrons. The summed E-state index contributed by atoms with van der Waals surface area (Å²) in [6.45, 7) is 5.28. The van der Waals surface area contributed by atoms with Crippen LogP contribution in [0.3, 0.4) is 0 Å². The molecule has 0 unspecified atom stereocenters. The number of methoxy groups -OCH3 is 1. The van der Waals surface area contributed by atoms with Gasteiger partial charge in [0.15, 0.2) is 0 Å². The van der Waals surface area contributed by atoms with Crippen LogP contribution in [0.2, 0.25) is 0 Å². The molecule has 0 amide bonds. The Bertz CT molecular complexity index is 522. The first kappa shape index (κ1) is 15.0. The van der Waals surface area contributed by atoms with E-state index in [1.165, 1.54) is 5.52 Å². The molecule has 1 aromatic heterocycles. The standard InChI is InChI=1S/C16H24N2O2/c1-3-7-16-17-14-8-4-5-9-15(14)18(16)10-13-20-12-6-11-19-2/h4-5,8-9H,3,6-7,10-13H2,1-2H3. The van der Waals surface area contributed by atoms with Gasteiger partial charge in [0.25, 0.3) is 0 Å². The second-order valence-corrected chi connectivity index (χ2v) is 4.88. The largest absolute Gasteiger partial charge is 0.385 e. The molecule has 0 N–H and O–H groups in total. The Hall–Kier alpha value is -1.39. The maximum atomic E-state index is 5.66. The first-order chi connectivity index (χ1) is 9.86. The van der Waals surface area contributed by atoms with Gasteiger partial charge in [-0.1, -0.05) is 19.1 Å². The fourth-order valence-corrected chi connectivity index (χ4v) is 2.35. The molecule has 0 bridgehead atoms. The van der Waals surface area contributed by atoms with E-state index in [0.29, 0.717) is 0 Å². The number of fused-ring (bicyclic) bond motifs is 1. The first-order valence-corrected chi connectivity index (χ1v) is 7.37. The summed E-state index contributed by atoms with van der Waals surface area (Å²) in [5.74, 6) is 1.16. The van der Waals surface area contributed by atoms with Crippen molar-refractivity contribution >= 4 is 11.0 Å². The summed E-state index contributed by atoms with van der Waals surface area (Å²) in [5.41, 5.74) is 2.28. The normalized spacial score (nSPS) is 11.3. The van der Waals surface area contributed by atoms with Crippen LogP contribution in [0.4, 0.5) is 0 Å². The monoisotopic (exact) mass is 276 g/mol. The highest BCUT2D eigenvalue weighted by Crippen LogP contribution is 2.17. The van der Waals surface area contributed by atoms with E-state index >= 15 is 0 Å². The zero-order valence-corrected chi connectivity index (χ0v) is 12.5. The smallest absolute Gasteiger partial charge is 0.109 e. The molecule has 4 nitrogen and oxygen atoms in total. The van der Waals surface area contributed by atoms with Gasteiger partial charge >= 0.3 is 0 Å². The van der Waals surface area contributed by atoms with E-state index in [4.69, 9.17) is 14.5 Å². The third-order valence-corrected chi connectivity index (χ3v) is 3.30. The molecule has 0 aliphatic carbocycles. The van der Waals surface area contributed by atoms with E-state index in [2.05, 4.69) is 29.7 Å². The van der Waals surface area contributed by atoms with Gasteiger partial charge in [0, 0.05) is 33.3 Å². The summed E-state index contributed by atoms with van der Waals surface area (Å²) in [5, 5.41) is 0. The molecule has 0 spiro atoms. The number of imidazole rings is 1. The molecular formula is C16H24N2O2. The molecular weight excluding hydrogens is 252 g/mol. The van der Waals surface area contributed by atoms with Gasteiger partial charge in [-0.2, -0.15) is 0 Å². The number of aryl methyl sites for hydroxylation is 1. The SMILES string of the molecule is CCCc1nc2ccccc2n1CCOCCCOC. The van der Waals surface area contributed by atoms with Crippen LogP contribution in [0.15, 0.2) is 24.3 Å². The van der Waals surface area contributed by atoms with Crippen LogP contribution in [-0.2, 0) is 22.4 Å². The van der Waals surface area contributed by atoms with Gasteiger partial charge in [-0.15, -0.1) is 0 Å². The van der Waals surface area contributed by atoms with Crippen LogP contribution < -0.4 is 0 Å². The Morgan fingerprint density at radius 3 is 2.80 bits per heavy atom. The van der Waals surface area contributed by atoms with Gasteiger partial charge < -0.3 is 14.0 Å². The van der Waals surface area contributed by atoms with Gasteiger partial charge in [0.05, 0.1) is 17.6 Å². The molecule has 0 fully saturated rings. The maximum Gasteiger partial charge on any atom is 0.109 e. The van der Waals surface area contributed by atoms with Crippen molar-refractivity contribution in [2.45, 2.75) is 32.7 Å². The quantitative estimate of drug-likeness (QED) is 0.660. The van der Waals surface area contributed by atoms with Crippen molar-refractivity contribution in [2.24, 2.45) is 0 Å². The molecule has 1 aromatic carbocycles. The highest BCUT2D eigenvalue weighted by atomic mass is 16.5. The zero-order valence-electron chi connectivity index (χ0n) is 12.5. The van der Waals surface area contributed by atoms with Crippen LogP contribution in [0, 0.1) is 0 Å². The second-order valence-electron chi connectivity index (χ2n) is 4.88. The van der Waals surface area contributed by atoms with E-state index in [-0.39, 0.29) is 0 Å². The average molecular weight is 276 g/mol. The van der Waals surface area contributed by atoms with Crippen molar-refractivity contribution in [1.29, 1.82) is 0 Å². The summed E-state index contributed by atoms with van der Waals surface area (Å²) in [7, 11) is 1.72. The fourth-order valence-electron chi connectivity index (χ4n) is 2.35. The van der Waals surface area contributed by atoms with Gasteiger partial charge in [0.2, 0.25) is 0 Å². The number of nitrogens with zero attached hydrogens (tertiary/aromatic N) is 2. The molecule has 0 saturated carbocycles. The van der Waals surface area contributed by atoms with Gasteiger partial charge in [-0.3, -0.25) is 0 Å². The molecule has 4 heteroatoms. The average Bonchev–Trinajstić information content (AvgIpc) is 2.81. The number of benzene rings is 1. The summed E-state index contributed by atoms with van der Waals surface area (Å²) in [4.78, 5) is 4.72. The van der Waals surface area contributed by atoms with Gasteiger partial charge in [0.1, 0.15) is 5.82 Å². The van der Waals surface area contributed by atoms with Crippen molar-refractivity contribution in [2.75, 3.05) is 26.9 Å². The molecule has 2 rings (SSSR count). The van der Waals surface area contributed by atoms with Crippen LogP contribution in [0.5, 0.6) is 0 Å². The minimum absolute atomic E-state index is 0.723. The lowest BCUT2D eigenvalue weighted by Gasteiger charge is -2.09. The molecule has 0 aliphatic rings. The lowest BCUT2D eigenvalue weighted by molar-refractivity contribution is 0.0978. The first-order valence-electron chi connectivity index (χ1n) is 7.37. The number of para-hydroxylation sites is 2. The second kappa shape index (κ2) is 8.02. The van der Waals surface area contributed by atoms with Crippen LogP contribution >= 0.6 is 0 Å². The topological polar surface area (TPSA) is 36.3 Å². The molecule has 20 heavy (non-hydrogen) atoms. The van der Waals surface area contributed by atoms with E-state index in [9.17, 15) is 0 Å². The van der Waals surface area contributed by atoms with E-state index < -0.39 is 0 Å². The zero-order chi connectivity index (χ0) is 14.2. The van der Waals surface area contributed by atoms with Crippen LogP contribution in [0.25, 0.3) is 11.0 Å². The minimum atomic E-state index is 0.723. The third kappa shape index (κ3) is 3.81. The number of hydrogen-bond acceptors (Lipinski definition) is 3. The lowest BCUT2D eigenvalue weighted by Crippen LogP contribution is -2.10. The third-order valence-electron chi connectivity index (χ3n) is 3.30. The highest BCUT2D eigenvalue weighted by molar-refractivity contribution is 5.75. The number of aromatic nitrogens is 2. The van der Waals surface area contributed by atoms with E-state index in [0.717, 1.165) is 57.0 Å². The summed E-state index contributed by atoms with van der Waals surface area (Å²) < 4.78 is 13.0. The molecule has 1 heterocycles. The lowest BCUT2D eigenvalue weighted by atomic mass is 10.3. The Morgan fingerprint density at radius 1 is 1.15 bits per heavy atom. The predicted molar refractivity (Wildman–Crippen MR) is 81.0 cm³/mol. The molecule has 0 aliphatic heterocycles. The molecule has 2 aromatic rings. The van der Waals surface area contributed by atoms with Crippen molar-refractivity contribution in [3.63, 3.8) is 0 Å². The highest BCUT2D eigenvalue weighted by Gasteiger charge is 2.09. The summed E-state index contributed by atoms with van der Waals surface area (Å²) in [6, 6.07) is 8.31. The Labute approximate surface area is 120 Å². The van der Waals surface area contributed by atoms with E-state index in [1.807, 2.05) is 6.07 Å². The van der Waals surface area contributed by atoms with Gasteiger partial charge in [-0.25, -0.2) is 4.98 Å². The number of rotatable bonds is 9. The molecule has 0 saturated heterocycles.